The van der Waals surface area contributed by atoms with Gasteiger partial charge in [-0.05, 0) is 24.5 Å². The van der Waals surface area contributed by atoms with E-state index in [0.717, 1.165) is 0 Å². The maximum absolute atomic E-state index is 10.9. The number of hydrogen-bond donors (Lipinski definition) is 2. The van der Waals surface area contributed by atoms with Crippen LogP contribution in [0.1, 0.15) is 23.7 Å². The summed E-state index contributed by atoms with van der Waals surface area (Å²) in [6.07, 6.45) is 1.93. The normalized spacial score (nSPS) is 24.7. The summed E-state index contributed by atoms with van der Waals surface area (Å²) in [5.41, 5.74) is 0.244. The Balaban J connectivity index is 2.17. The average molecular weight is 236 g/mol. The highest BCUT2D eigenvalue weighted by Gasteiger charge is 2.25. The number of aromatic carboxylic acids is 1. The summed E-state index contributed by atoms with van der Waals surface area (Å²) in [5, 5.41) is 18.6. The third-order valence-corrected chi connectivity index (χ3v) is 3.18. The molecule has 2 N–H and O–H groups in total. The van der Waals surface area contributed by atoms with E-state index in [9.17, 15) is 9.90 Å². The van der Waals surface area contributed by atoms with Crippen LogP contribution in [-0.4, -0.2) is 40.4 Å². The molecule has 5 nitrogen and oxygen atoms in total. The van der Waals surface area contributed by atoms with E-state index in [0.29, 0.717) is 25.3 Å². The van der Waals surface area contributed by atoms with Gasteiger partial charge in [-0.1, -0.05) is 6.92 Å². The summed E-state index contributed by atoms with van der Waals surface area (Å²) in [6, 6.07) is 3.06. The number of carbonyl (C=O) groups is 1. The Kier molecular flexibility index (Phi) is 3.28. The number of carboxylic acids is 1. The second-order valence-electron chi connectivity index (χ2n) is 4.49. The molecule has 2 atom stereocenters. The van der Waals surface area contributed by atoms with Crippen molar-refractivity contribution in [1.82, 2.24) is 4.98 Å². The van der Waals surface area contributed by atoms with Crippen LogP contribution in [0, 0.1) is 5.92 Å². The quantitative estimate of drug-likeness (QED) is 0.801. The van der Waals surface area contributed by atoms with Gasteiger partial charge in [-0.15, -0.1) is 0 Å². The second kappa shape index (κ2) is 4.71. The Morgan fingerprint density at radius 2 is 2.35 bits per heavy atom. The highest BCUT2D eigenvalue weighted by atomic mass is 16.4. The van der Waals surface area contributed by atoms with E-state index in [-0.39, 0.29) is 17.6 Å². The van der Waals surface area contributed by atoms with Gasteiger partial charge in [-0.3, -0.25) is 0 Å². The highest BCUT2D eigenvalue weighted by Crippen LogP contribution is 2.22. The molecule has 1 fully saturated rings. The lowest BCUT2D eigenvalue weighted by molar-refractivity contribution is 0.0696. The topological polar surface area (TPSA) is 73.7 Å². The SMILES string of the molecule is CC1CN(c2cc(C(=O)O)ccn2)CCC1O. The number of anilines is 1. The van der Waals surface area contributed by atoms with Crippen LogP contribution < -0.4 is 4.90 Å². The summed E-state index contributed by atoms with van der Waals surface area (Å²) in [7, 11) is 0. The highest BCUT2D eigenvalue weighted by molar-refractivity contribution is 5.88. The molecular weight excluding hydrogens is 220 g/mol. The lowest BCUT2D eigenvalue weighted by Crippen LogP contribution is -2.42. The first kappa shape index (κ1) is 11.9. The first-order valence-corrected chi connectivity index (χ1v) is 5.70. The number of pyridine rings is 1. The van der Waals surface area contributed by atoms with Crippen LogP contribution in [0.15, 0.2) is 18.3 Å². The van der Waals surface area contributed by atoms with Crippen LogP contribution in [0.25, 0.3) is 0 Å². The molecule has 1 aliphatic rings. The molecule has 0 aromatic carbocycles. The van der Waals surface area contributed by atoms with Crippen LogP contribution in [0.3, 0.4) is 0 Å². The molecule has 92 valence electrons. The number of rotatable bonds is 2. The van der Waals surface area contributed by atoms with Crippen LogP contribution >= 0.6 is 0 Å². The summed E-state index contributed by atoms with van der Waals surface area (Å²) in [5.74, 6) is -0.0959. The van der Waals surface area contributed by atoms with Gasteiger partial charge in [0.05, 0.1) is 11.7 Å². The maximum atomic E-state index is 10.9. The minimum atomic E-state index is -0.946. The number of aliphatic hydroxyl groups is 1. The van der Waals surface area contributed by atoms with Crippen LogP contribution in [-0.2, 0) is 0 Å². The van der Waals surface area contributed by atoms with Gasteiger partial charge in [-0.25, -0.2) is 9.78 Å². The number of piperidine rings is 1. The average Bonchev–Trinajstić information content (AvgIpc) is 2.33. The van der Waals surface area contributed by atoms with Crippen LogP contribution in [0.5, 0.6) is 0 Å². The first-order valence-electron chi connectivity index (χ1n) is 5.70. The fourth-order valence-electron chi connectivity index (χ4n) is 2.07. The van der Waals surface area contributed by atoms with Gasteiger partial charge in [0, 0.05) is 19.3 Å². The summed E-state index contributed by atoms with van der Waals surface area (Å²) >= 11 is 0. The van der Waals surface area contributed by atoms with Crippen molar-refractivity contribution < 1.29 is 15.0 Å². The largest absolute Gasteiger partial charge is 0.478 e. The van der Waals surface area contributed by atoms with Gasteiger partial charge < -0.3 is 15.1 Å². The molecule has 2 rings (SSSR count). The van der Waals surface area contributed by atoms with E-state index in [1.807, 2.05) is 11.8 Å². The first-order chi connectivity index (χ1) is 8.08. The molecule has 1 aromatic rings. The molecule has 0 spiro atoms. The minimum Gasteiger partial charge on any atom is -0.478 e. The maximum Gasteiger partial charge on any atom is 0.335 e. The van der Waals surface area contributed by atoms with Gasteiger partial charge in [0.25, 0.3) is 0 Å². The fraction of sp³-hybridized carbons (Fsp3) is 0.500. The van der Waals surface area contributed by atoms with E-state index >= 15 is 0 Å². The Labute approximate surface area is 99.7 Å². The Hall–Kier alpha value is -1.62. The van der Waals surface area contributed by atoms with Crippen LogP contribution in [0.4, 0.5) is 5.82 Å². The van der Waals surface area contributed by atoms with Gasteiger partial charge in [0.15, 0.2) is 0 Å². The molecule has 17 heavy (non-hydrogen) atoms. The molecule has 1 aromatic heterocycles. The van der Waals surface area contributed by atoms with E-state index < -0.39 is 5.97 Å². The van der Waals surface area contributed by atoms with Crippen LogP contribution in [0.2, 0.25) is 0 Å². The van der Waals surface area contributed by atoms with E-state index in [1.165, 1.54) is 12.3 Å². The Morgan fingerprint density at radius 3 is 3.00 bits per heavy atom. The number of hydrogen-bond acceptors (Lipinski definition) is 4. The van der Waals surface area contributed by atoms with Gasteiger partial charge in [0.1, 0.15) is 5.82 Å². The van der Waals surface area contributed by atoms with E-state index in [1.54, 1.807) is 6.07 Å². The molecule has 0 amide bonds. The number of aromatic nitrogens is 1. The summed E-state index contributed by atoms with van der Waals surface area (Å²) in [4.78, 5) is 17.1. The van der Waals surface area contributed by atoms with Gasteiger partial charge in [0.2, 0.25) is 0 Å². The van der Waals surface area contributed by atoms with E-state index in [2.05, 4.69) is 4.98 Å². The number of aliphatic hydroxyl groups excluding tert-OH is 1. The number of nitrogens with zero attached hydrogens (tertiary/aromatic N) is 2. The monoisotopic (exact) mass is 236 g/mol. The molecule has 1 aliphatic heterocycles. The molecule has 0 aliphatic carbocycles. The molecule has 0 saturated carbocycles. The van der Waals surface area contributed by atoms with Crippen molar-refractivity contribution in [1.29, 1.82) is 0 Å². The smallest absolute Gasteiger partial charge is 0.335 e. The lowest BCUT2D eigenvalue weighted by atomic mass is 9.97. The van der Waals surface area contributed by atoms with Crippen molar-refractivity contribution in [2.45, 2.75) is 19.4 Å². The van der Waals surface area contributed by atoms with Crippen molar-refractivity contribution in [2.24, 2.45) is 5.92 Å². The predicted molar refractivity (Wildman–Crippen MR) is 63.2 cm³/mol. The Morgan fingerprint density at radius 1 is 1.59 bits per heavy atom. The number of carboxylic acid groups (broad SMARTS) is 1. The Bertz CT molecular complexity index is 422. The predicted octanol–water partition coefficient (Wildman–Crippen LogP) is 0.987. The van der Waals surface area contributed by atoms with Gasteiger partial charge >= 0.3 is 5.97 Å². The van der Waals surface area contributed by atoms with Crippen molar-refractivity contribution in [3.05, 3.63) is 23.9 Å². The summed E-state index contributed by atoms with van der Waals surface area (Å²) in [6.45, 7) is 3.40. The fourth-order valence-corrected chi connectivity index (χ4v) is 2.07. The lowest BCUT2D eigenvalue weighted by Gasteiger charge is -2.35. The molecule has 1 saturated heterocycles. The molecule has 2 unspecified atom stereocenters. The van der Waals surface area contributed by atoms with Crippen molar-refractivity contribution in [2.75, 3.05) is 18.0 Å². The standard InChI is InChI=1S/C12H16N2O3/c1-8-7-14(5-3-10(8)15)11-6-9(12(16)17)2-4-13-11/h2,4,6,8,10,15H,3,5,7H2,1H3,(H,16,17). The zero-order valence-corrected chi connectivity index (χ0v) is 9.71. The van der Waals surface area contributed by atoms with Gasteiger partial charge in [-0.2, -0.15) is 0 Å². The van der Waals surface area contributed by atoms with Crippen molar-refractivity contribution in [3.8, 4) is 0 Å². The van der Waals surface area contributed by atoms with Crippen molar-refractivity contribution in [3.63, 3.8) is 0 Å². The molecule has 5 heteroatoms. The second-order valence-corrected chi connectivity index (χ2v) is 4.49. The van der Waals surface area contributed by atoms with Crippen molar-refractivity contribution >= 4 is 11.8 Å². The zero-order chi connectivity index (χ0) is 12.4. The van der Waals surface area contributed by atoms with E-state index in [4.69, 9.17) is 5.11 Å². The molecular formula is C12H16N2O3. The molecule has 2 heterocycles. The molecule has 0 radical (unpaired) electrons. The third-order valence-electron chi connectivity index (χ3n) is 3.18. The summed E-state index contributed by atoms with van der Waals surface area (Å²) < 4.78 is 0. The third kappa shape index (κ3) is 2.55. The molecule has 0 bridgehead atoms. The minimum absolute atomic E-state index is 0.180. The zero-order valence-electron chi connectivity index (χ0n) is 9.71.